The van der Waals surface area contributed by atoms with Crippen molar-refractivity contribution in [1.82, 2.24) is 0 Å². The van der Waals surface area contributed by atoms with Gasteiger partial charge in [-0.2, -0.15) is 8.42 Å². The summed E-state index contributed by atoms with van der Waals surface area (Å²) in [6.07, 6.45) is 0. The molecule has 0 heterocycles. The van der Waals surface area contributed by atoms with Crippen LogP contribution in [0.4, 0.5) is 5.69 Å². The van der Waals surface area contributed by atoms with Gasteiger partial charge in [-0.1, -0.05) is 91.0 Å². The highest BCUT2D eigenvalue weighted by Crippen LogP contribution is 2.22. The minimum Gasteiger partial charge on any atom is -0.339 e. The van der Waals surface area contributed by atoms with Crippen molar-refractivity contribution in [3.8, 4) is 11.1 Å². The third-order valence-electron chi connectivity index (χ3n) is 4.55. The summed E-state index contributed by atoms with van der Waals surface area (Å²) in [7, 11) is -3.85. The van der Waals surface area contributed by atoms with Crippen LogP contribution in [0.1, 0.15) is 5.56 Å². The third-order valence-corrected chi connectivity index (χ3v) is 5.85. The summed E-state index contributed by atoms with van der Waals surface area (Å²) >= 11 is 0. The summed E-state index contributed by atoms with van der Waals surface area (Å²) in [6.45, 7) is 0. The van der Waals surface area contributed by atoms with E-state index in [4.69, 9.17) is 0 Å². The minimum absolute atomic E-state index is 0.152. The number of sulfonamides is 1. The van der Waals surface area contributed by atoms with E-state index >= 15 is 0 Å². The number of anilines is 1. The molecular formula is C25H20N2O2S. The Kier molecular flexibility index (Phi) is 5.72. The highest BCUT2D eigenvalue weighted by atomic mass is 32.2. The van der Waals surface area contributed by atoms with Crippen LogP contribution in [0.2, 0.25) is 0 Å². The van der Waals surface area contributed by atoms with E-state index in [0.29, 0.717) is 5.56 Å². The lowest BCUT2D eigenvalue weighted by molar-refractivity contribution is 0.598. The maximum atomic E-state index is 12.8. The molecule has 0 amide bonds. The fraction of sp³-hybridized carbons (Fsp3) is 0. The lowest BCUT2D eigenvalue weighted by atomic mass is 10.1. The molecule has 4 aromatic carbocycles. The fourth-order valence-electron chi connectivity index (χ4n) is 3.02. The number of hydrogen-bond acceptors (Lipinski definition) is 2. The normalized spacial score (nSPS) is 11.8. The van der Waals surface area contributed by atoms with Crippen molar-refractivity contribution in [2.75, 3.05) is 5.32 Å². The van der Waals surface area contributed by atoms with Crippen molar-refractivity contribution in [2.45, 2.75) is 4.90 Å². The van der Waals surface area contributed by atoms with E-state index in [2.05, 4.69) is 9.71 Å². The van der Waals surface area contributed by atoms with Gasteiger partial charge in [-0.15, -0.1) is 4.40 Å². The standard InChI is InChI=1S/C25H20N2O2S/c28-30(29,24-14-8-3-9-15-24)27-25(22-12-6-2-7-13-22)26-23-18-16-21(17-19-23)20-10-4-1-5-11-20/h1-19H,(H,26,27). The molecule has 0 atom stereocenters. The molecule has 148 valence electrons. The zero-order valence-electron chi connectivity index (χ0n) is 16.1. The van der Waals surface area contributed by atoms with Gasteiger partial charge in [-0.05, 0) is 35.4 Å². The number of amidine groups is 1. The Morgan fingerprint density at radius 3 is 1.70 bits per heavy atom. The number of nitrogens with zero attached hydrogens (tertiary/aromatic N) is 1. The van der Waals surface area contributed by atoms with Gasteiger partial charge in [0.2, 0.25) is 0 Å². The maximum Gasteiger partial charge on any atom is 0.284 e. The van der Waals surface area contributed by atoms with Crippen LogP contribution in [0.15, 0.2) is 125 Å². The molecule has 30 heavy (non-hydrogen) atoms. The van der Waals surface area contributed by atoms with Crippen molar-refractivity contribution in [2.24, 2.45) is 4.40 Å². The summed E-state index contributed by atoms with van der Waals surface area (Å²) in [4.78, 5) is 0.152. The summed E-state index contributed by atoms with van der Waals surface area (Å²) < 4.78 is 29.7. The van der Waals surface area contributed by atoms with E-state index in [-0.39, 0.29) is 10.7 Å². The maximum absolute atomic E-state index is 12.8. The Bertz CT molecular complexity index is 1240. The Labute approximate surface area is 176 Å². The van der Waals surface area contributed by atoms with Crippen LogP contribution < -0.4 is 5.32 Å². The van der Waals surface area contributed by atoms with Crippen molar-refractivity contribution >= 4 is 21.5 Å². The third kappa shape index (κ3) is 4.64. The Morgan fingerprint density at radius 2 is 1.10 bits per heavy atom. The molecule has 4 rings (SSSR count). The van der Waals surface area contributed by atoms with Crippen molar-refractivity contribution in [1.29, 1.82) is 0 Å². The molecule has 5 heteroatoms. The molecule has 0 aliphatic heterocycles. The Balaban J connectivity index is 1.68. The minimum atomic E-state index is -3.85. The van der Waals surface area contributed by atoms with Crippen LogP contribution in [-0.2, 0) is 10.0 Å². The zero-order valence-corrected chi connectivity index (χ0v) is 17.0. The first kappa shape index (κ1) is 19.6. The van der Waals surface area contributed by atoms with E-state index in [9.17, 15) is 8.42 Å². The molecule has 4 nitrogen and oxygen atoms in total. The van der Waals surface area contributed by atoms with Gasteiger partial charge in [0.15, 0.2) is 5.84 Å². The first-order valence-electron chi connectivity index (χ1n) is 9.50. The predicted molar refractivity (Wildman–Crippen MR) is 122 cm³/mol. The van der Waals surface area contributed by atoms with Crippen molar-refractivity contribution in [3.63, 3.8) is 0 Å². The van der Waals surface area contributed by atoms with E-state index in [1.807, 2.05) is 84.9 Å². The monoisotopic (exact) mass is 412 g/mol. The zero-order chi connectivity index (χ0) is 20.8. The van der Waals surface area contributed by atoms with Gasteiger partial charge in [-0.3, -0.25) is 0 Å². The van der Waals surface area contributed by atoms with Gasteiger partial charge in [0.1, 0.15) is 0 Å². The molecule has 4 aromatic rings. The second kappa shape index (κ2) is 8.76. The SMILES string of the molecule is O=S(=O)(N=C(Nc1ccc(-c2ccccc2)cc1)c1ccccc1)c1ccccc1. The molecular weight excluding hydrogens is 392 g/mol. The molecule has 0 fully saturated rings. The predicted octanol–water partition coefficient (Wildman–Crippen LogP) is 5.60. The number of rotatable bonds is 5. The van der Waals surface area contributed by atoms with Crippen molar-refractivity contribution < 1.29 is 8.42 Å². The Morgan fingerprint density at radius 1 is 0.600 bits per heavy atom. The fourth-order valence-corrected chi connectivity index (χ4v) is 4.02. The first-order chi connectivity index (χ1) is 14.6. The smallest absolute Gasteiger partial charge is 0.284 e. The molecule has 0 aliphatic rings. The largest absolute Gasteiger partial charge is 0.339 e. The number of nitrogens with one attached hydrogen (secondary N) is 1. The molecule has 1 N–H and O–H groups in total. The van der Waals surface area contributed by atoms with Gasteiger partial charge in [-0.25, -0.2) is 0 Å². The molecule has 0 saturated heterocycles. The van der Waals surface area contributed by atoms with Gasteiger partial charge < -0.3 is 5.32 Å². The summed E-state index contributed by atoms with van der Waals surface area (Å²) in [5, 5.41) is 3.17. The van der Waals surface area contributed by atoms with Crippen LogP contribution in [0.25, 0.3) is 11.1 Å². The summed E-state index contributed by atoms with van der Waals surface area (Å²) in [5.41, 5.74) is 3.63. The molecule has 0 radical (unpaired) electrons. The van der Waals surface area contributed by atoms with Gasteiger partial charge >= 0.3 is 0 Å². The average molecular weight is 413 g/mol. The second-order valence-electron chi connectivity index (χ2n) is 6.66. The van der Waals surface area contributed by atoms with E-state index in [1.165, 1.54) is 12.1 Å². The van der Waals surface area contributed by atoms with Crippen LogP contribution >= 0.6 is 0 Å². The van der Waals surface area contributed by atoms with E-state index in [1.54, 1.807) is 18.2 Å². The first-order valence-corrected chi connectivity index (χ1v) is 10.9. The van der Waals surface area contributed by atoms with E-state index in [0.717, 1.165) is 16.8 Å². The van der Waals surface area contributed by atoms with Gasteiger partial charge in [0.05, 0.1) is 4.90 Å². The lowest BCUT2D eigenvalue weighted by Gasteiger charge is -2.11. The molecule has 0 aliphatic carbocycles. The average Bonchev–Trinajstić information content (AvgIpc) is 2.81. The number of hydrogen-bond donors (Lipinski definition) is 1. The topological polar surface area (TPSA) is 58.5 Å². The van der Waals surface area contributed by atoms with Crippen molar-refractivity contribution in [3.05, 3.63) is 121 Å². The summed E-state index contributed by atoms with van der Waals surface area (Å²) in [5.74, 6) is 0.270. The second-order valence-corrected chi connectivity index (χ2v) is 8.27. The molecule has 0 spiro atoms. The van der Waals surface area contributed by atoms with Gasteiger partial charge in [0, 0.05) is 11.3 Å². The van der Waals surface area contributed by atoms with Gasteiger partial charge in [0.25, 0.3) is 10.0 Å². The van der Waals surface area contributed by atoms with Crippen LogP contribution in [-0.4, -0.2) is 14.3 Å². The highest BCUT2D eigenvalue weighted by Gasteiger charge is 2.15. The Hall–Kier alpha value is -3.70. The van der Waals surface area contributed by atoms with Crippen LogP contribution in [0.3, 0.4) is 0 Å². The quantitative estimate of drug-likeness (QED) is 0.343. The lowest BCUT2D eigenvalue weighted by Crippen LogP contribution is -2.16. The molecule has 0 aromatic heterocycles. The van der Waals surface area contributed by atoms with Crippen LogP contribution in [0, 0.1) is 0 Å². The van der Waals surface area contributed by atoms with Crippen LogP contribution in [0.5, 0.6) is 0 Å². The van der Waals surface area contributed by atoms with E-state index < -0.39 is 10.0 Å². The molecule has 0 bridgehead atoms. The highest BCUT2D eigenvalue weighted by molar-refractivity contribution is 7.90. The number of benzene rings is 4. The molecule has 0 saturated carbocycles. The summed E-state index contributed by atoms with van der Waals surface area (Å²) in [6, 6.07) is 35.3. The molecule has 0 unspecified atom stereocenters.